The molecule has 0 aliphatic rings. The fourth-order valence-electron chi connectivity index (χ4n) is 0.738. The fraction of sp³-hybridized carbons (Fsp3) is 0.125. The van der Waals surface area contributed by atoms with Gasteiger partial charge in [0.15, 0.2) is 0 Å². The third kappa shape index (κ3) is 1.36. The summed E-state index contributed by atoms with van der Waals surface area (Å²) < 4.78 is 0. The third-order valence-corrected chi connectivity index (χ3v) is 1.60. The quantitative estimate of drug-likeness (QED) is 0.568. The smallest absolute Gasteiger partial charge is 0.150 e. The van der Waals surface area contributed by atoms with E-state index in [2.05, 4.69) is 0 Å². The molecular formula is C8H7ClO. The molecule has 0 atom stereocenters. The van der Waals surface area contributed by atoms with Crippen molar-refractivity contribution in [3.63, 3.8) is 0 Å². The first kappa shape index (κ1) is 7.29. The van der Waals surface area contributed by atoms with E-state index in [-0.39, 0.29) is 0 Å². The molecule has 0 fully saturated rings. The van der Waals surface area contributed by atoms with E-state index in [1.54, 1.807) is 12.1 Å². The van der Waals surface area contributed by atoms with Crippen LogP contribution in [0.5, 0.6) is 0 Å². The van der Waals surface area contributed by atoms with Crippen molar-refractivity contribution in [2.75, 3.05) is 0 Å². The fourth-order valence-corrected chi connectivity index (χ4v) is 0.919. The molecule has 0 aliphatic heterocycles. The van der Waals surface area contributed by atoms with E-state index in [1.807, 2.05) is 13.0 Å². The first-order valence-electron chi connectivity index (χ1n) is 2.95. The zero-order chi connectivity index (χ0) is 7.56. The minimum atomic E-state index is 0.604. The third-order valence-electron chi connectivity index (χ3n) is 1.37. The lowest BCUT2D eigenvalue weighted by atomic mass is 10.1. The van der Waals surface area contributed by atoms with Gasteiger partial charge in [0.2, 0.25) is 0 Å². The van der Waals surface area contributed by atoms with Crippen LogP contribution >= 0.6 is 11.6 Å². The van der Waals surface area contributed by atoms with Crippen LogP contribution in [0.4, 0.5) is 0 Å². The molecule has 1 rings (SSSR count). The number of carbonyl (C=O) groups is 1. The van der Waals surface area contributed by atoms with E-state index in [0.717, 1.165) is 11.8 Å². The van der Waals surface area contributed by atoms with Gasteiger partial charge in [-0.05, 0) is 24.6 Å². The van der Waals surface area contributed by atoms with E-state index >= 15 is 0 Å². The Kier molecular flexibility index (Phi) is 2.07. The van der Waals surface area contributed by atoms with Gasteiger partial charge in [0.25, 0.3) is 0 Å². The van der Waals surface area contributed by atoms with Gasteiger partial charge in [-0.2, -0.15) is 0 Å². The second-order valence-electron chi connectivity index (χ2n) is 2.12. The van der Waals surface area contributed by atoms with Crippen molar-refractivity contribution < 1.29 is 4.79 Å². The molecule has 0 unspecified atom stereocenters. The van der Waals surface area contributed by atoms with Crippen LogP contribution in [0.2, 0.25) is 5.02 Å². The highest BCUT2D eigenvalue weighted by Crippen LogP contribution is 2.12. The normalized spacial score (nSPS) is 9.40. The van der Waals surface area contributed by atoms with Crippen LogP contribution in [0.1, 0.15) is 15.9 Å². The molecule has 0 heterocycles. The van der Waals surface area contributed by atoms with E-state index in [9.17, 15) is 4.79 Å². The molecule has 0 aromatic heterocycles. The first-order chi connectivity index (χ1) is 4.74. The van der Waals surface area contributed by atoms with E-state index in [4.69, 9.17) is 11.6 Å². The number of halogens is 1. The molecule has 52 valence electrons. The average Bonchev–Trinajstić information content (AvgIpc) is 1.94. The van der Waals surface area contributed by atoms with Crippen molar-refractivity contribution in [2.24, 2.45) is 0 Å². The van der Waals surface area contributed by atoms with Gasteiger partial charge in [-0.15, -0.1) is 0 Å². The number of hydrogen-bond acceptors (Lipinski definition) is 1. The van der Waals surface area contributed by atoms with Gasteiger partial charge in [-0.25, -0.2) is 0 Å². The summed E-state index contributed by atoms with van der Waals surface area (Å²) in [5, 5.41) is 0.604. The van der Waals surface area contributed by atoms with Crippen LogP contribution in [-0.4, -0.2) is 6.29 Å². The molecule has 2 heteroatoms. The Balaban J connectivity index is 3.21. The predicted molar refractivity (Wildman–Crippen MR) is 41.6 cm³/mol. The van der Waals surface area contributed by atoms with Crippen LogP contribution in [0, 0.1) is 6.92 Å². The number of rotatable bonds is 1. The van der Waals surface area contributed by atoms with Gasteiger partial charge in [0.1, 0.15) is 6.29 Å². The van der Waals surface area contributed by atoms with Crippen molar-refractivity contribution in [3.05, 3.63) is 34.3 Å². The van der Waals surface area contributed by atoms with Crippen molar-refractivity contribution in [1.82, 2.24) is 0 Å². The van der Waals surface area contributed by atoms with E-state index in [1.165, 1.54) is 0 Å². The standard InChI is InChI=1S/C8H7ClO/c1-6-2-3-8(9)4-7(6)5-10/h2-5H,1H3. The molecular weight excluding hydrogens is 148 g/mol. The lowest BCUT2D eigenvalue weighted by molar-refractivity contribution is 0.112. The Labute approximate surface area is 64.6 Å². The number of carbonyl (C=O) groups excluding carboxylic acids is 1. The minimum absolute atomic E-state index is 0.604. The maximum Gasteiger partial charge on any atom is 0.150 e. The summed E-state index contributed by atoms with van der Waals surface area (Å²) >= 11 is 5.64. The zero-order valence-corrected chi connectivity index (χ0v) is 6.35. The highest BCUT2D eigenvalue weighted by molar-refractivity contribution is 6.30. The molecule has 0 radical (unpaired) electrons. The van der Waals surface area contributed by atoms with Crippen LogP contribution in [0.3, 0.4) is 0 Å². The lowest BCUT2D eigenvalue weighted by Gasteiger charge is -1.96. The maximum atomic E-state index is 10.3. The van der Waals surface area contributed by atoms with Gasteiger partial charge >= 0.3 is 0 Å². The van der Waals surface area contributed by atoms with Gasteiger partial charge < -0.3 is 0 Å². The lowest BCUT2D eigenvalue weighted by Crippen LogP contribution is -1.83. The second-order valence-corrected chi connectivity index (χ2v) is 2.56. The molecule has 0 N–H and O–H groups in total. The average molecular weight is 155 g/mol. The zero-order valence-electron chi connectivity index (χ0n) is 5.60. The molecule has 0 saturated heterocycles. The number of aldehydes is 1. The number of benzene rings is 1. The molecule has 1 nitrogen and oxygen atoms in total. The maximum absolute atomic E-state index is 10.3. The number of hydrogen-bond donors (Lipinski definition) is 0. The van der Waals surface area contributed by atoms with Crippen molar-refractivity contribution in [2.45, 2.75) is 6.92 Å². The second kappa shape index (κ2) is 2.84. The van der Waals surface area contributed by atoms with Gasteiger partial charge in [-0.1, -0.05) is 17.7 Å². The van der Waals surface area contributed by atoms with Crippen molar-refractivity contribution >= 4 is 17.9 Å². The topological polar surface area (TPSA) is 17.1 Å². The highest BCUT2D eigenvalue weighted by Gasteiger charge is 1.95. The summed E-state index contributed by atoms with van der Waals surface area (Å²) in [4.78, 5) is 10.3. The molecule has 0 bridgehead atoms. The Hall–Kier alpha value is -0.820. The molecule has 0 amide bonds. The van der Waals surface area contributed by atoms with E-state index in [0.29, 0.717) is 10.6 Å². The SMILES string of the molecule is Cc1ccc(Cl)cc1C=O. The van der Waals surface area contributed by atoms with Crippen LogP contribution in [0.15, 0.2) is 18.2 Å². The molecule has 0 saturated carbocycles. The van der Waals surface area contributed by atoms with Crippen molar-refractivity contribution in [1.29, 1.82) is 0 Å². The van der Waals surface area contributed by atoms with Crippen LogP contribution in [-0.2, 0) is 0 Å². The summed E-state index contributed by atoms with van der Waals surface area (Å²) in [5.41, 5.74) is 1.62. The monoisotopic (exact) mass is 154 g/mol. The Bertz CT molecular complexity index is 255. The Morgan fingerprint density at radius 1 is 1.50 bits per heavy atom. The predicted octanol–water partition coefficient (Wildman–Crippen LogP) is 2.46. The summed E-state index contributed by atoms with van der Waals surface area (Å²) in [6, 6.07) is 5.25. The number of aryl methyl sites for hydroxylation is 1. The summed E-state index contributed by atoms with van der Waals surface area (Å²) in [6.07, 6.45) is 0.807. The van der Waals surface area contributed by atoms with Gasteiger partial charge in [0.05, 0.1) is 0 Å². The largest absolute Gasteiger partial charge is 0.298 e. The Morgan fingerprint density at radius 2 is 2.20 bits per heavy atom. The highest BCUT2D eigenvalue weighted by atomic mass is 35.5. The Morgan fingerprint density at radius 3 is 2.70 bits per heavy atom. The summed E-state index contributed by atoms with van der Waals surface area (Å²) in [7, 11) is 0. The molecule has 0 aliphatic carbocycles. The van der Waals surface area contributed by atoms with E-state index < -0.39 is 0 Å². The van der Waals surface area contributed by atoms with Crippen molar-refractivity contribution in [3.8, 4) is 0 Å². The summed E-state index contributed by atoms with van der Waals surface area (Å²) in [6.45, 7) is 1.88. The molecule has 10 heavy (non-hydrogen) atoms. The molecule has 1 aromatic carbocycles. The van der Waals surface area contributed by atoms with Gasteiger partial charge in [0, 0.05) is 10.6 Å². The van der Waals surface area contributed by atoms with Crippen LogP contribution < -0.4 is 0 Å². The van der Waals surface area contributed by atoms with Gasteiger partial charge in [-0.3, -0.25) is 4.79 Å². The minimum Gasteiger partial charge on any atom is -0.298 e. The first-order valence-corrected chi connectivity index (χ1v) is 3.33. The molecule has 1 aromatic rings. The van der Waals surface area contributed by atoms with Crippen LogP contribution in [0.25, 0.3) is 0 Å². The molecule has 0 spiro atoms. The summed E-state index contributed by atoms with van der Waals surface area (Å²) in [5.74, 6) is 0.